The number of rotatable bonds is 2. The summed E-state index contributed by atoms with van der Waals surface area (Å²) in [6, 6.07) is 8.68. The number of hydrogen-bond donors (Lipinski definition) is 1. The Morgan fingerprint density at radius 1 is 1.14 bits per heavy atom. The molecule has 2 fully saturated rings. The van der Waals surface area contributed by atoms with Gasteiger partial charge in [-0.05, 0) is 51.0 Å². The van der Waals surface area contributed by atoms with Crippen LogP contribution in [0.3, 0.4) is 0 Å². The van der Waals surface area contributed by atoms with Gasteiger partial charge in [0, 0.05) is 25.4 Å². The minimum atomic E-state index is -0.289. The highest BCUT2D eigenvalue weighted by Gasteiger charge is 2.44. The van der Waals surface area contributed by atoms with E-state index in [9.17, 15) is 0 Å². The molecule has 2 heterocycles. The van der Waals surface area contributed by atoms with Gasteiger partial charge in [0.15, 0.2) is 0 Å². The molecule has 0 aromatic heterocycles. The second-order valence-electron chi connectivity index (χ2n) is 6.98. The number of ether oxygens (including phenoxy) is 2. The summed E-state index contributed by atoms with van der Waals surface area (Å²) < 4.78 is 11.7. The summed E-state index contributed by atoms with van der Waals surface area (Å²) in [4.78, 5) is 0. The predicted octanol–water partition coefficient (Wildman–Crippen LogP) is 3.14. The maximum absolute atomic E-state index is 6.77. The van der Waals surface area contributed by atoms with Crippen molar-refractivity contribution in [1.29, 1.82) is 0 Å². The molecule has 2 atom stereocenters. The summed E-state index contributed by atoms with van der Waals surface area (Å²) in [5.74, 6) is 0.465. The Balaban J connectivity index is 1.79. The van der Waals surface area contributed by atoms with Crippen LogP contribution in [-0.2, 0) is 15.0 Å². The third kappa shape index (κ3) is 3.01. The number of nitrogens with two attached hydrogens (primary N) is 1. The van der Waals surface area contributed by atoms with Crippen LogP contribution in [0.15, 0.2) is 24.3 Å². The van der Waals surface area contributed by atoms with E-state index in [0.717, 1.165) is 45.5 Å². The van der Waals surface area contributed by atoms with E-state index in [1.54, 1.807) is 0 Å². The summed E-state index contributed by atoms with van der Waals surface area (Å²) in [7, 11) is 0. The van der Waals surface area contributed by atoms with Gasteiger partial charge < -0.3 is 15.2 Å². The fourth-order valence-corrected chi connectivity index (χ4v) is 3.78. The Morgan fingerprint density at radius 2 is 1.81 bits per heavy atom. The van der Waals surface area contributed by atoms with E-state index in [0.29, 0.717) is 5.92 Å². The highest BCUT2D eigenvalue weighted by atomic mass is 16.5. The maximum Gasteiger partial charge on any atom is 0.0729 e. The molecule has 2 aliphatic heterocycles. The first-order valence-electron chi connectivity index (χ1n) is 8.10. The number of benzene rings is 1. The molecule has 0 bridgehead atoms. The first-order chi connectivity index (χ1) is 10.0. The van der Waals surface area contributed by atoms with Gasteiger partial charge >= 0.3 is 0 Å². The Morgan fingerprint density at radius 3 is 2.48 bits per heavy atom. The van der Waals surface area contributed by atoms with Gasteiger partial charge in [0.25, 0.3) is 0 Å². The minimum Gasteiger partial charge on any atom is -0.381 e. The van der Waals surface area contributed by atoms with Crippen molar-refractivity contribution in [2.45, 2.75) is 50.7 Å². The zero-order chi connectivity index (χ0) is 14.9. The smallest absolute Gasteiger partial charge is 0.0729 e. The Kier molecular flexibility index (Phi) is 4.08. The summed E-state index contributed by atoms with van der Waals surface area (Å²) in [5.41, 5.74) is 9.00. The molecule has 2 unspecified atom stereocenters. The second kappa shape index (κ2) is 5.71. The topological polar surface area (TPSA) is 44.5 Å². The van der Waals surface area contributed by atoms with Gasteiger partial charge in [-0.1, -0.05) is 29.8 Å². The zero-order valence-electron chi connectivity index (χ0n) is 13.2. The number of aryl methyl sites for hydroxylation is 1. The number of hydrogen-bond acceptors (Lipinski definition) is 3. The van der Waals surface area contributed by atoms with Gasteiger partial charge in [0.1, 0.15) is 0 Å². The Bertz CT molecular complexity index is 469. The first-order valence-corrected chi connectivity index (χ1v) is 8.10. The van der Waals surface area contributed by atoms with E-state index in [-0.39, 0.29) is 11.1 Å². The predicted molar refractivity (Wildman–Crippen MR) is 84.2 cm³/mol. The molecule has 2 aliphatic rings. The Labute approximate surface area is 127 Å². The molecular formula is C18H27NO2. The largest absolute Gasteiger partial charge is 0.381 e. The van der Waals surface area contributed by atoms with Crippen molar-refractivity contribution >= 4 is 0 Å². The molecule has 1 aromatic rings. The third-order valence-electron chi connectivity index (χ3n) is 5.42. The van der Waals surface area contributed by atoms with Gasteiger partial charge in [0.05, 0.1) is 5.60 Å². The molecule has 3 nitrogen and oxygen atoms in total. The van der Waals surface area contributed by atoms with E-state index in [1.165, 1.54) is 11.1 Å². The molecule has 116 valence electrons. The SMILES string of the molecule is Cc1ccc(C(C)(N)C2CCOC3(CCOCC3)C2)cc1. The minimum absolute atomic E-state index is 0.00644. The van der Waals surface area contributed by atoms with Crippen LogP contribution in [0.2, 0.25) is 0 Å². The average molecular weight is 289 g/mol. The molecule has 21 heavy (non-hydrogen) atoms. The lowest BCUT2D eigenvalue weighted by Crippen LogP contribution is -2.51. The molecule has 0 aliphatic carbocycles. The van der Waals surface area contributed by atoms with Gasteiger partial charge in [-0.2, -0.15) is 0 Å². The second-order valence-corrected chi connectivity index (χ2v) is 6.98. The molecule has 2 N–H and O–H groups in total. The lowest BCUT2D eigenvalue weighted by Gasteiger charge is -2.47. The summed E-state index contributed by atoms with van der Waals surface area (Å²) in [6.45, 7) is 6.75. The van der Waals surface area contributed by atoms with E-state index < -0.39 is 0 Å². The molecular weight excluding hydrogens is 262 g/mol. The van der Waals surface area contributed by atoms with Crippen LogP contribution in [0.5, 0.6) is 0 Å². The fourth-order valence-electron chi connectivity index (χ4n) is 3.78. The van der Waals surface area contributed by atoms with Gasteiger partial charge in [0.2, 0.25) is 0 Å². The van der Waals surface area contributed by atoms with Gasteiger partial charge in [-0.3, -0.25) is 0 Å². The van der Waals surface area contributed by atoms with Crippen LogP contribution in [0.1, 0.15) is 43.7 Å². The first kappa shape index (κ1) is 15.0. The van der Waals surface area contributed by atoms with Crippen molar-refractivity contribution in [3.05, 3.63) is 35.4 Å². The molecule has 1 spiro atoms. The molecule has 0 saturated carbocycles. The summed E-state index contributed by atoms with van der Waals surface area (Å²) >= 11 is 0. The van der Waals surface area contributed by atoms with E-state index in [4.69, 9.17) is 15.2 Å². The van der Waals surface area contributed by atoms with Gasteiger partial charge in [-0.25, -0.2) is 0 Å². The van der Waals surface area contributed by atoms with Crippen LogP contribution >= 0.6 is 0 Å². The van der Waals surface area contributed by atoms with Crippen molar-refractivity contribution in [2.75, 3.05) is 19.8 Å². The third-order valence-corrected chi connectivity index (χ3v) is 5.42. The van der Waals surface area contributed by atoms with E-state index in [1.807, 2.05) is 0 Å². The van der Waals surface area contributed by atoms with Crippen molar-refractivity contribution in [2.24, 2.45) is 11.7 Å². The van der Waals surface area contributed by atoms with Crippen molar-refractivity contribution < 1.29 is 9.47 Å². The lowest BCUT2D eigenvalue weighted by molar-refractivity contribution is -0.154. The standard InChI is InChI=1S/C18H27NO2/c1-14-3-5-15(6-4-14)17(2,19)16-7-10-21-18(13-16)8-11-20-12-9-18/h3-6,16H,7-13,19H2,1-2H3. The molecule has 1 aromatic carbocycles. The van der Waals surface area contributed by atoms with Gasteiger partial charge in [-0.15, -0.1) is 0 Å². The average Bonchev–Trinajstić information content (AvgIpc) is 2.48. The highest BCUT2D eigenvalue weighted by molar-refractivity contribution is 5.28. The van der Waals surface area contributed by atoms with Crippen molar-refractivity contribution in [1.82, 2.24) is 0 Å². The van der Waals surface area contributed by atoms with Crippen molar-refractivity contribution in [3.8, 4) is 0 Å². The maximum atomic E-state index is 6.77. The lowest BCUT2D eigenvalue weighted by atomic mass is 9.70. The normalized spacial score (nSPS) is 28.2. The van der Waals surface area contributed by atoms with Crippen LogP contribution < -0.4 is 5.73 Å². The quantitative estimate of drug-likeness (QED) is 0.909. The molecule has 2 saturated heterocycles. The van der Waals surface area contributed by atoms with Crippen LogP contribution in [-0.4, -0.2) is 25.4 Å². The molecule has 0 amide bonds. The molecule has 0 radical (unpaired) electrons. The van der Waals surface area contributed by atoms with E-state index >= 15 is 0 Å². The zero-order valence-corrected chi connectivity index (χ0v) is 13.2. The molecule has 3 heteroatoms. The monoisotopic (exact) mass is 289 g/mol. The fraction of sp³-hybridized carbons (Fsp3) is 0.667. The molecule has 3 rings (SSSR count). The van der Waals surface area contributed by atoms with E-state index in [2.05, 4.69) is 38.1 Å². The summed E-state index contributed by atoms with van der Waals surface area (Å²) in [6.07, 6.45) is 4.11. The van der Waals surface area contributed by atoms with Crippen LogP contribution in [0, 0.1) is 12.8 Å². The summed E-state index contributed by atoms with van der Waals surface area (Å²) in [5, 5.41) is 0. The Hall–Kier alpha value is -0.900. The van der Waals surface area contributed by atoms with Crippen LogP contribution in [0.25, 0.3) is 0 Å². The highest BCUT2D eigenvalue weighted by Crippen LogP contribution is 2.43. The van der Waals surface area contributed by atoms with Crippen molar-refractivity contribution in [3.63, 3.8) is 0 Å². The van der Waals surface area contributed by atoms with Crippen LogP contribution in [0.4, 0.5) is 0 Å².